The molecule has 0 heterocycles. The lowest BCUT2D eigenvalue weighted by atomic mass is 10.2. The Hall–Kier alpha value is -0.0800. The molecule has 2 nitrogen and oxygen atoms in total. The van der Waals surface area contributed by atoms with Gasteiger partial charge in [-0.15, -0.1) is 0 Å². The Morgan fingerprint density at radius 2 is 1.79 bits per heavy atom. The summed E-state index contributed by atoms with van der Waals surface area (Å²) in [4.78, 5) is 2.53. The summed E-state index contributed by atoms with van der Waals surface area (Å²) in [5.74, 6) is 0. The summed E-state index contributed by atoms with van der Waals surface area (Å²) in [5.41, 5.74) is 0. The van der Waals surface area contributed by atoms with Gasteiger partial charge in [0.2, 0.25) is 0 Å². The summed E-state index contributed by atoms with van der Waals surface area (Å²) in [6.07, 6.45) is 4.04. The van der Waals surface area contributed by atoms with Crippen LogP contribution in [0.4, 0.5) is 0 Å². The van der Waals surface area contributed by atoms with Gasteiger partial charge in [-0.05, 0) is 19.5 Å². The molecule has 0 unspecified atom stereocenters. The number of likely N-dealkylation sites (N-methyl/N-ethyl adjacent to an activating group) is 1. The highest BCUT2D eigenvalue weighted by atomic mass is 15.1. The molecule has 2 heteroatoms. The van der Waals surface area contributed by atoms with Crippen LogP contribution in [0.3, 0.4) is 0 Å². The fourth-order valence-corrected chi connectivity index (χ4v) is 1.52. The van der Waals surface area contributed by atoms with Crippen molar-refractivity contribution in [1.82, 2.24) is 10.2 Å². The molecule has 0 aliphatic carbocycles. The van der Waals surface area contributed by atoms with Crippen LogP contribution in [0, 0.1) is 0 Å². The molecule has 0 radical (unpaired) electrons. The molecule has 0 rings (SSSR count). The van der Waals surface area contributed by atoms with E-state index in [1.54, 1.807) is 0 Å². The Labute approximate surface area is 90.1 Å². The van der Waals surface area contributed by atoms with Crippen LogP contribution in [0.1, 0.15) is 47.0 Å². The minimum Gasteiger partial charge on any atom is -0.313 e. The fraction of sp³-hybridized carbons (Fsp3) is 1.00. The Kier molecular flexibility index (Phi) is 9.42. The van der Waals surface area contributed by atoms with Gasteiger partial charge in [0.25, 0.3) is 0 Å². The van der Waals surface area contributed by atoms with Crippen molar-refractivity contribution in [3.8, 4) is 0 Å². The van der Waals surface area contributed by atoms with Crippen molar-refractivity contribution in [1.29, 1.82) is 0 Å². The van der Waals surface area contributed by atoms with Crippen LogP contribution in [-0.2, 0) is 0 Å². The SMILES string of the molecule is CCCCCN(CC)CCNC(C)C. The lowest BCUT2D eigenvalue weighted by Gasteiger charge is -2.21. The molecule has 0 spiro atoms. The summed E-state index contributed by atoms with van der Waals surface area (Å²) in [6.45, 7) is 13.7. The maximum Gasteiger partial charge on any atom is 0.0107 e. The van der Waals surface area contributed by atoms with Crippen molar-refractivity contribution in [3.63, 3.8) is 0 Å². The third-order valence-corrected chi connectivity index (χ3v) is 2.51. The normalized spacial score (nSPS) is 11.6. The summed E-state index contributed by atoms with van der Waals surface area (Å²) in [5, 5.41) is 3.46. The molecule has 0 fully saturated rings. The van der Waals surface area contributed by atoms with Gasteiger partial charge in [0.1, 0.15) is 0 Å². The van der Waals surface area contributed by atoms with E-state index in [0.717, 1.165) is 6.54 Å². The van der Waals surface area contributed by atoms with E-state index in [1.165, 1.54) is 38.9 Å². The molecule has 86 valence electrons. The van der Waals surface area contributed by atoms with Gasteiger partial charge < -0.3 is 10.2 Å². The highest BCUT2D eigenvalue weighted by Crippen LogP contribution is 1.97. The van der Waals surface area contributed by atoms with E-state index in [4.69, 9.17) is 0 Å². The van der Waals surface area contributed by atoms with E-state index < -0.39 is 0 Å². The maximum atomic E-state index is 3.46. The zero-order chi connectivity index (χ0) is 10.8. The lowest BCUT2D eigenvalue weighted by molar-refractivity contribution is 0.278. The lowest BCUT2D eigenvalue weighted by Crippen LogP contribution is -2.35. The zero-order valence-corrected chi connectivity index (χ0v) is 10.5. The quantitative estimate of drug-likeness (QED) is 0.575. The standard InChI is InChI=1S/C12H28N2/c1-5-7-8-10-14(6-2)11-9-13-12(3)4/h12-13H,5-11H2,1-4H3. The zero-order valence-electron chi connectivity index (χ0n) is 10.5. The summed E-state index contributed by atoms with van der Waals surface area (Å²) in [6, 6.07) is 0.615. The monoisotopic (exact) mass is 200 g/mol. The average molecular weight is 200 g/mol. The highest BCUT2D eigenvalue weighted by Gasteiger charge is 2.01. The Balaban J connectivity index is 3.38. The fourth-order valence-electron chi connectivity index (χ4n) is 1.52. The first kappa shape index (κ1) is 13.9. The van der Waals surface area contributed by atoms with E-state index in [9.17, 15) is 0 Å². The predicted molar refractivity (Wildman–Crippen MR) is 64.8 cm³/mol. The van der Waals surface area contributed by atoms with Gasteiger partial charge in [-0.2, -0.15) is 0 Å². The van der Waals surface area contributed by atoms with Crippen LogP contribution < -0.4 is 5.32 Å². The van der Waals surface area contributed by atoms with E-state index in [-0.39, 0.29) is 0 Å². The summed E-state index contributed by atoms with van der Waals surface area (Å²) >= 11 is 0. The van der Waals surface area contributed by atoms with Crippen LogP contribution in [0.2, 0.25) is 0 Å². The number of hydrogen-bond acceptors (Lipinski definition) is 2. The van der Waals surface area contributed by atoms with Crippen LogP contribution in [0.5, 0.6) is 0 Å². The molecule has 0 saturated carbocycles. The van der Waals surface area contributed by atoms with Gasteiger partial charge in [-0.1, -0.05) is 40.5 Å². The van der Waals surface area contributed by atoms with E-state index in [2.05, 4.69) is 37.9 Å². The molecule has 0 aromatic carbocycles. The molecule has 1 N–H and O–H groups in total. The molecule has 0 saturated heterocycles. The third kappa shape index (κ3) is 8.52. The van der Waals surface area contributed by atoms with Gasteiger partial charge in [0.05, 0.1) is 0 Å². The van der Waals surface area contributed by atoms with Crippen molar-refractivity contribution < 1.29 is 0 Å². The number of nitrogens with zero attached hydrogens (tertiary/aromatic N) is 1. The second-order valence-corrected chi connectivity index (χ2v) is 4.25. The summed E-state index contributed by atoms with van der Waals surface area (Å²) in [7, 11) is 0. The topological polar surface area (TPSA) is 15.3 Å². The first-order valence-electron chi connectivity index (χ1n) is 6.16. The Morgan fingerprint density at radius 1 is 1.07 bits per heavy atom. The second-order valence-electron chi connectivity index (χ2n) is 4.25. The van der Waals surface area contributed by atoms with Crippen molar-refractivity contribution in [2.24, 2.45) is 0 Å². The van der Waals surface area contributed by atoms with Crippen molar-refractivity contribution in [3.05, 3.63) is 0 Å². The van der Waals surface area contributed by atoms with Gasteiger partial charge in [0.15, 0.2) is 0 Å². The van der Waals surface area contributed by atoms with Crippen LogP contribution in [0.25, 0.3) is 0 Å². The largest absolute Gasteiger partial charge is 0.313 e. The van der Waals surface area contributed by atoms with Gasteiger partial charge >= 0.3 is 0 Å². The molecule has 14 heavy (non-hydrogen) atoms. The number of unbranched alkanes of at least 4 members (excludes halogenated alkanes) is 2. The average Bonchev–Trinajstić information content (AvgIpc) is 2.15. The highest BCUT2D eigenvalue weighted by molar-refractivity contribution is 4.60. The molecule has 0 amide bonds. The van der Waals surface area contributed by atoms with E-state index >= 15 is 0 Å². The van der Waals surface area contributed by atoms with Gasteiger partial charge in [-0.3, -0.25) is 0 Å². The van der Waals surface area contributed by atoms with Gasteiger partial charge in [0, 0.05) is 19.1 Å². The van der Waals surface area contributed by atoms with Crippen LogP contribution in [0.15, 0.2) is 0 Å². The number of nitrogens with one attached hydrogen (secondary N) is 1. The van der Waals surface area contributed by atoms with Crippen LogP contribution >= 0.6 is 0 Å². The molecule has 0 atom stereocenters. The first-order chi connectivity index (χ1) is 6.70. The number of hydrogen-bond donors (Lipinski definition) is 1. The smallest absolute Gasteiger partial charge is 0.0107 e. The minimum atomic E-state index is 0.615. The Bertz CT molecular complexity index is 113. The Morgan fingerprint density at radius 3 is 2.29 bits per heavy atom. The van der Waals surface area contributed by atoms with E-state index in [1.807, 2.05) is 0 Å². The molecule has 0 bridgehead atoms. The van der Waals surface area contributed by atoms with Crippen molar-refractivity contribution in [2.45, 2.75) is 53.0 Å². The van der Waals surface area contributed by atoms with E-state index in [0.29, 0.717) is 6.04 Å². The molecular formula is C12H28N2. The number of rotatable bonds is 9. The van der Waals surface area contributed by atoms with Crippen molar-refractivity contribution in [2.75, 3.05) is 26.2 Å². The second kappa shape index (κ2) is 9.47. The molecule has 0 aliphatic heterocycles. The molecular weight excluding hydrogens is 172 g/mol. The molecule has 0 aromatic rings. The maximum absolute atomic E-state index is 3.46. The van der Waals surface area contributed by atoms with Crippen LogP contribution in [-0.4, -0.2) is 37.1 Å². The summed E-state index contributed by atoms with van der Waals surface area (Å²) < 4.78 is 0. The third-order valence-electron chi connectivity index (χ3n) is 2.51. The first-order valence-corrected chi connectivity index (χ1v) is 6.16. The van der Waals surface area contributed by atoms with Crippen molar-refractivity contribution >= 4 is 0 Å². The predicted octanol–water partition coefficient (Wildman–Crippen LogP) is 2.50. The molecule has 0 aromatic heterocycles. The van der Waals surface area contributed by atoms with Gasteiger partial charge in [-0.25, -0.2) is 0 Å². The molecule has 0 aliphatic rings. The minimum absolute atomic E-state index is 0.615.